The van der Waals surface area contributed by atoms with Gasteiger partial charge in [-0.25, -0.2) is 8.42 Å². The van der Waals surface area contributed by atoms with Gasteiger partial charge in [0.25, 0.3) is 0 Å². The second kappa shape index (κ2) is 11.7. The first-order valence-electron chi connectivity index (χ1n) is 10.7. The Bertz CT molecular complexity index is 1340. The lowest BCUT2D eigenvalue weighted by Crippen LogP contribution is -2.34. The topological polar surface area (TPSA) is 113 Å². The van der Waals surface area contributed by atoms with Crippen LogP contribution in [0.15, 0.2) is 76.5 Å². The lowest BCUT2D eigenvalue weighted by Gasteiger charge is -2.18. The van der Waals surface area contributed by atoms with E-state index >= 15 is 0 Å². The molecule has 1 atom stereocenters. The molecule has 0 spiro atoms. The van der Waals surface area contributed by atoms with Crippen molar-refractivity contribution in [2.75, 3.05) is 10.7 Å². The zero-order chi connectivity index (χ0) is 25.6. The molecule has 3 rings (SSSR count). The van der Waals surface area contributed by atoms with E-state index in [2.05, 4.69) is 16.2 Å². The molecule has 35 heavy (non-hydrogen) atoms. The molecule has 1 amide bonds. The summed E-state index contributed by atoms with van der Waals surface area (Å²) in [7, 11) is -4.17. The molecule has 0 aliphatic carbocycles. The zero-order valence-corrected chi connectivity index (χ0v) is 21.9. The molecule has 0 saturated heterocycles. The summed E-state index contributed by atoms with van der Waals surface area (Å²) in [6, 6.07) is 18.3. The van der Waals surface area contributed by atoms with Gasteiger partial charge in [0.2, 0.25) is 15.7 Å². The van der Waals surface area contributed by atoms with Crippen molar-refractivity contribution < 1.29 is 13.2 Å². The van der Waals surface area contributed by atoms with Crippen molar-refractivity contribution in [3.63, 3.8) is 0 Å². The summed E-state index contributed by atoms with van der Waals surface area (Å²) in [4.78, 5) is 12.8. The summed E-state index contributed by atoms with van der Waals surface area (Å²) in [6.07, 6.45) is 1.46. The molecule has 0 aliphatic heterocycles. The van der Waals surface area contributed by atoms with E-state index in [9.17, 15) is 13.2 Å². The first-order chi connectivity index (χ1) is 16.6. The van der Waals surface area contributed by atoms with Crippen LogP contribution in [-0.2, 0) is 14.6 Å². The Morgan fingerprint density at radius 1 is 1.06 bits per heavy atom. The molecule has 184 valence electrons. The number of carbonyl (C=O) groups is 1. The van der Waals surface area contributed by atoms with Crippen LogP contribution in [0.5, 0.6) is 0 Å². The number of sulfone groups is 1. The number of thiocarbonyl (C=S) groups is 1. The summed E-state index contributed by atoms with van der Waals surface area (Å²) in [5.41, 5.74) is 11.9. The average Bonchev–Trinajstić information content (AvgIpc) is 2.83. The Hall–Kier alpha value is -2.85. The van der Waals surface area contributed by atoms with Crippen molar-refractivity contribution in [1.29, 1.82) is 0 Å². The smallest absolute Gasteiger partial charge is 0.231 e. The van der Waals surface area contributed by atoms with E-state index in [-0.39, 0.29) is 42.5 Å². The SMILES string of the molecule is CCCC(C(=O)Nc1cccc(S(=O)(=O)c2c(NNC(N)=S)ccc(Cl)c2Cl)c1)c1ccccc1. The summed E-state index contributed by atoms with van der Waals surface area (Å²) in [5, 5.41) is 2.64. The van der Waals surface area contributed by atoms with Gasteiger partial charge in [0.15, 0.2) is 5.11 Å². The third-order valence-electron chi connectivity index (χ3n) is 5.15. The number of anilines is 2. The Labute approximate surface area is 219 Å². The lowest BCUT2D eigenvalue weighted by atomic mass is 9.93. The van der Waals surface area contributed by atoms with Gasteiger partial charge in [0, 0.05) is 5.69 Å². The maximum absolute atomic E-state index is 13.6. The van der Waals surface area contributed by atoms with Crippen molar-refractivity contribution >= 4 is 67.7 Å². The van der Waals surface area contributed by atoms with Crippen LogP contribution in [0.25, 0.3) is 0 Å². The number of carbonyl (C=O) groups excluding carboxylic acids is 1. The van der Waals surface area contributed by atoms with Gasteiger partial charge in [0.1, 0.15) is 4.90 Å². The lowest BCUT2D eigenvalue weighted by molar-refractivity contribution is -0.117. The fraction of sp³-hybridized carbons (Fsp3) is 0.167. The number of hydrogen-bond acceptors (Lipinski definition) is 5. The highest BCUT2D eigenvalue weighted by Gasteiger charge is 2.27. The molecule has 3 aromatic rings. The standard InChI is InChI=1S/C24H24Cl2N4O3S2/c1-2-7-18(15-8-4-3-5-9-15)23(31)28-16-10-6-11-17(14-16)35(32,33)22-20(29-30-24(27)34)13-12-19(25)21(22)26/h3-6,8-14,18,29H,2,7H2,1H3,(H,28,31)(H3,27,30,34). The minimum atomic E-state index is -4.17. The number of rotatable bonds is 9. The molecule has 0 radical (unpaired) electrons. The second-order valence-electron chi connectivity index (χ2n) is 7.62. The van der Waals surface area contributed by atoms with Gasteiger partial charge in [0.05, 0.1) is 26.5 Å². The second-order valence-corrected chi connectivity index (χ2v) is 10.7. The van der Waals surface area contributed by atoms with Gasteiger partial charge >= 0.3 is 0 Å². The first-order valence-corrected chi connectivity index (χ1v) is 13.3. The van der Waals surface area contributed by atoms with E-state index in [0.717, 1.165) is 12.0 Å². The minimum Gasteiger partial charge on any atom is -0.375 e. The largest absolute Gasteiger partial charge is 0.375 e. The van der Waals surface area contributed by atoms with Gasteiger partial charge in [-0.2, -0.15) is 0 Å². The van der Waals surface area contributed by atoms with Gasteiger partial charge in [-0.3, -0.25) is 15.6 Å². The van der Waals surface area contributed by atoms with Crippen molar-refractivity contribution in [3.8, 4) is 0 Å². The number of hydrazine groups is 1. The number of halogens is 2. The summed E-state index contributed by atoms with van der Waals surface area (Å²) < 4.78 is 27.2. The zero-order valence-electron chi connectivity index (χ0n) is 18.7. The molecule has 0 bridgehead atoms. The molecule has 0 fully saturated rings. The van der Waals surface area contributed by atoms with Crippen molar-refractivity contribution in [1.82, 2.24) is 5.43 Å². The molecule has 0 heterocycles. The van der Waals surface area contributed by atoms with E-state index < -0.39 is 9.84 Å². The summed E-state index contributed by atoms with van der Waals surface area (Å²) in [6.45, 7) is 2.00. The van der Waals surface area contributed by atoms with Gasteiger partial charge in [-0.05, 0) is 54.5 Å². The van der Waals surface area contributed by atoms with Crippen LogP contribution < -0.4 is 21.9 Å². The molecule has 1 unspecified atom stereocenters. The highest BCUT2D eigenvalue weighted by atomic mass is 35.5. The molecule has 0 saturated carbocycles. The maximum atomic E-state index is 13.6. The molecule has 7 nitrogen and oxygen atoms in total. The number of benzene rings is 3. The molecular formula is C24H24Cl2N4O3S2. The molecule has 0 aliphatic rings. The monoisotopic (exact) mass is 550 g/mol. The van der Waals surface area contributed by atoms with Crippen LogP contribution in [0.4, 0.5) is 11.4 Å². The minimum absolute atomic E-state index is 0.0563. The highest BCUT2D eigenvalue weighted by Crippen LogP contribution is 2.38. The van der Waals surface area contributed by atoms with E-state index in [1.165, 1.54) is 24.3 Å². The summed E-state index contributed by atoms with van der Waals surface area (Å²) in [5.74, 6) is -0.595. The van der Waals surface area contributed by atoms with Crippen LogP contribution in [0, 0.1) is 0 Å². The van der Waals surface area contributed by atoms with E-state index in [1.807, 2.05) is 37.3 Å². The fourth-order valence-corrected chi connectivity index (χ4v) is 5.80. The number of amides is 1. The quantitative estimate of drug-likeness (QED) is 0.205. The number of nitrogens with one attached hydrogen (secondary N) is 3. The Balaban J connectivity index is 1.96. The van der Waals surface area contributed by atoms with E-state index in [0.29, 0.717) is 12.1 Å². The van der Waals surface area contributed by atoms with Crippen LogP contribution in [0.3, 0.4) is 0 Å². The van der Waals surface area contributed by atoms with Crippen LogP contribution in [0.2, 0.25) is 10.0 Å². The Morgan fingerprint density at radius 3 is 2.43 bits per heavy atom. The predicted molar refractivity (Wildman–Crippen MR) is 145 cm³/mol. The van der Waals surface area contributed by atoms with Crippen molar-refractivity contribution in [3.05, 3.63) is 82.3 Å². The fourth-order valence-electron chi connectivity index (χ4n) is 3.53. The Morgan fingerprint density at radius 2 is 1.77 bits per heavy atom. The van der Waals surface area contributed by atoms with Gasteiger partial charge < -0.3 is 11.1 Å². The number of hydrogen-bond donors (Lipinski definition) is 4. The molecule has 3 aromatic carbocycles. The van der Waals surface area contributed by atoms with Gasteiger partial charge in [-0.15, -0.1) is 0 Å². The van der Waals surface area contributed by atoms with E-state index in [4.69, 9.17) is 41.2 Å². The van der Waals surface area contributed by atoms with Crippen LogP contribution in [0.1, 0.15) is 31.2 Å². The first kappa shape index (κ1) is 26.7. The maximum Gasteiger partial charge on any atom is 0.231 e. The predicted octanol–water partition coefficient (Wildman–Crippen LogP) is 5.51. The molecule has 11 heteroatoms. The van der Waals surface area contributed by atoms with Crippen LogP contribution >= 0.6 is 35.4 Å². The molecule has 5 N–H and O–H groups in total. The Kier molecular flexibility index (Phi) is 8.96. The molecular weight excluding hydrogens is 527 g/mol. The van der Waals surface area contributed by atoms with E-state index in [1.54, 1.807) is 12.1 Å². The van der Waals surface area contributed by atoms with Crippen molar-refractivity contribution in [2.24, 2.45) is 5.73 Å². The van der Waals surface area contributed by atoms with Gasteiger partial charge in [-0.1, -0.05) is 72.9 Å². The molecule has 0 aromatic heterocycles. The third kappa shape index (κ3) is 6.43. The number of nitrogens with two attached hydrogens (primary N) is 1. The highest BCUT2D eigenvalue weighted by molar-refractivity contribution is 7.91. The third-order valence-corrected chi connectivity index (χ3v) is 8.00. The summed E-state index contributed by atoms with van der Waals surface area (Å²) >= 11 is 17.2. The normalized spacial score (nSPS) is 12.0. The van der Waals surface area contributed by atoms with Crippen LogP contribution in [-0.4, -0.2) is 19.4 Å². The average molecular weight is 552 g/mol. The van der Waals surface area contributed by atoms with Crippen molar-refractivity contribution in [2.45, 2.75) is 35.5 Å².